The molecule has 3 aromatic carbocycles. The number of para-hydroxylation sites is 1. The highest BCUT2D eigenvalue weighted by molar-refractivity contribution is 6.31. The average molecular weight is 460 g/mol. The van der Waals surface area contributed by atoms with Gasteiger partial charge in [-0.2, -0.15) is 0 Å². The van der Waals surface area contributed by atoms with Crippen LogP contribution in [0.5, 0.6) is 5.75 Å². The van der Waals surface area contributed by atoms with Crippen molar-refractivity contribution in [2.45, 2.75) is 25.8 Å². The molecule has 0 spiro atoms. The number of rotatable bonds is 4. The van der Waals surface area contributed by atoms with Crippen LogP contribution in [-0.4, -0.2) is 29.6 Å². The molecule has 1 aliphatic rings. The summed E-state index contributed by atoms with van der Waals surface area (Å²) in [5, 5.41) is 4.98. The lowest BCUT2D eigenvalue weighted by molar-refractivity contribution is 0.193. The number of amides is 2. The van der Waals surface area contributed by atoms with Crippen molar-refractivity contribution >= 4 is 34.2 Å². The minimum atomic E-state index is -0.250. The van der Waals surface area contributed by atoms with Gasteiger partial charge in [-0.05, 0) is 65.9 Å². The number of H-pyrrole nitrogens is 1. The number of hydrogen-bond donors (Lipinski definition) is 2. The minimum absolute atomic E-state index is 0.112. The van der Waals surface area contributed by atoms with E-state index < -0.39 is 0 Å². The minimum Gasteiger partial charge on any atom is -0.497 e. The van der Waals surface area contributed by atoms with Crippen LogP contribution < -0.4 is 10.1 Å². The van der Waals surface area contributed by atoms with Gasteiger partial charge in [0.15, 0.2) is 0 Å². The summed E-state index contributed by atoms with van der Waals surface area (Å²) in [5.41, 5.74) is 6.27. The van der Waals surface area contributed by atoms with Crippen LogP contribution in [0.4, 0.5) is 10.5 Å². The van der Waals surface area contributed by atoms with E-state index in [1.807, 2.05) is 71.6 Å². The second-order valence-electron chi connectivity index (χ2n) is 8.27. The number of carbonyl (C=O) groups excluding carboxylic acids is 1. The van der Waals surface area contributed by atoms with E-state index >= 15 is 0 Å². The smallest absolute Gasteiger partial charge is 0.322 e. The first-order valence-corrected chi connectivity index (χ1v) is 11.6. The van der Waals surface area contributed by atoms with E-state index in [9.17, 15) is 4.79 Å². The zero-order valence-corrected chi connectivity index (χ0v) is 19.4. The van der Waals surface area contributed by atoms with Gasteiger partial charge in [0, 0.05) is 33.9 Å². The molecule has 33 heavy (non-hydrogen) atoms. The van der Waals surface area contributed by atoms with Gasteiger partial charge in [0.25, 0.3) is 0 Å². The van der Waals surface area contributed by atoms with E-state index in [0.717, 1.165) is 52.0 Å². The summed E-state index contributed by atoms with van der Waals surface area (Å²) in [6.45, 7) is 2.69. The standard InChI is InChI=1S/C27H26ClN3O2/c1-3-17-6-4-5-7-23(17)30-27(32)31-15-14-21-22-16-19(28)10-13-24(22)29-25(21)26(31)18-8-11-20(33-2)12-9-18/h4-13,16,26,29H,3,14-15H2,1-2H3,(H,30,32)/t26-/m1/s1. The highest BCUT2D eigenvalue weighted by Gasteiger charge is 2.35. The Kier molecular flexibility index (Phi) is 5.73. The Bertz CT molecular complexity index is 1310. The fourth-order valence-electron chi connectivity index (χ4n) is 4.75. The summed E-state index contributed by atoms with van der Waals surface area (Å²) in [7, 11) is 1.65. The molecule has 4 aromatic rings. The number of methoxy groups -OCH3 is 1. The lowest BCUT2D eigenvalue weighted by Gasteiger charge is -2.36. The maximum atomic E-state index is 13.6. The molecule has 0 saturated heterocycles. The molecular formula is C27H26ClN3O2. The van der Waals surface area contributed by atoms with Crippen molar-refractivity contribution in [1.82, 2.24) is 9.88 Å². The summed E-state index contributed by atoms with van der Waals surface area (Å²) in [6, 6.07) is 21.4. The summed E-state index contributed by atoms with van der Waals surface area (Å²) in [6.07, 6.45) is 1.61. The van der Waals surface area contributed by atoms with Gasteiger partial charge in [-0.15, -0.1) is 0 Å². The molecule has 168 valence electrons. The molecule has 0 radical (unpaired) electrons. The monoisotopic (exact) mass is 459 g/mol. The van der Waals surface area contributed by atoms with Crippen LogP contribution in [0.15, 0.2) is 66.7 Å². The van der Waals surface area contributed by atoms with Crippen molar-refractivity contribution in [3.05, 3.63) is 94.1 Å². The van der Waals surface area contributed by atoms with Crippen LogP contribution in [-0.2, 0) is 12.8 Å². The predicted molar refractivity (Wildman–Crippen MR) is 133 cm³/mol. The van der Waals surface area contributed by atoms with Gasteiger partial charge in [-0.25, -0.2) is 4.79 Å². The molecule has 1 atom stereocenters. The average Bonchev–Trinajstić information content (AvgIpc) is 3.21. The Morgan fingerprint density at radius 3 is 2.70 bits per heavy atom. The highest BCUT2D eigenvalue weighted by Crippen LogP contribution is 2.39. The second kappa shape index (κ2) is 8.83. The molecule has 5 rings (SSSR count). The molecule has 2 N–H and O–H groups in total. The maximum Gasteiger partial charge on any atom is 0.322 e. The SMILES string of the molecule is CCc1ccccc1NC(=O)N1CCc2c([nH]c3ccc(Cl)cc23)[C@H]1c1ccc(OC)cc1. The summed E-state index contributed by atoms with van der Waals surface area (Å²) < 4.78 is 5.35. The van der Waals surface area contributed by atoms with Crippen molar-refractivity contribution in [2.75, 3.05) is 19.0 Å². The molecule has 0 fully saturated rings. The number of hydrogen-bond acceptors (Lipinski definition) is 2. The molecule has 6 heteroatoms. The summed E-state index contributed by atoms with van der Waals surface area (Å²) in [5.74, 6) is 0.783. The van der Waals surface area contributed by atoms with Crippen LogP contribution in [0.2, 0.25) is 5.02 Å². The summed E-state index contributed by atoms with van der Waals surface area (Å²) >= 11 is 6.30. The van der Waals surface area contributed by atoms with Crippen LogP contribution in [0.25, 0.3) is 10.9 Å². The van der Waals surface area contributed by atoms with Gasteiger partial charge in [-0.3, -0.25) is 0 Å². The number of urea groups is 1. The van der Waals surface area contributed by atoms with Gasteiger partial charge < -0.3 is 19.9 Å². The first kappa shape index (κ1) is 21.4. The quantitative estimate of drug-likeness (QED) is 0.362. The fourth-order valence-corrected chi connectivity index (χ4v) is 4.92. The van der Waals surface area contributed by atoms with E-state index in [-0.39, 0.29) is 12.1 Å². The number of nitrogens with zero attached hydrogens (tertiary/aromatic N) is 1. The third-order valence-corrected chi connectivity index (χ3v) is 6.66. The van der Waals surface area contributed by atoms with Gasteiger partial charge >= 0.3 is 6.03 Å². The number of anilines is 1. The molecular weight excluding hydrogens is 434 g/mol. The number of aryl methyl sites for hydroxylation is 1. The van der Waals surface area contributed by atoms with E-state index in [1.54, 1.807) is 7.11 Å². The number of ether oxygens (including phenoxy) is 1. The molecule has 5 nitrogen and oxygen atoms in total. The molecule has 0 unspecified atom stereocenters. The topological polar surface area (TPSA) is 57.4 Å². The van der Waals surface area contributed by atoms with E-state index in [4.69, 9.17) is 16.3 Å². The highest BCUT2D eigenvalue weighted by atomic mass is 35.5. The van der Waals surface area contributed by atoms with Crippen molar-refractivity contribution in [2.24, 2.45) is 0 Å². The first-order chi connectivity index (χ1) is 16.1. The largest absolute Gasteiger partial charge is 0.497 e. The van der Waals surface area contributed by atoms with Crippen LogP contribution >= 0.6 is 11.6 Å². The molecule has 0 bridgehead atoms. The number of benzene rings is 3. The number of halogens is 1. The Morgan fingerprint density at radius 2 is 1.94 bits per heavy atom. The van der Waals surface area contributed by atoms with Crippen LogP contribution in [0, 0.1) is 0 Å². The lowest BCUT2D eigenvalue weighted by atomic mass is 9.92. The van der Waals surface area contributed by atoms with Crippen LogP contribution in [0.1, 0.15) is 35.3 Å². The maximum absolute atomic E-state index is 13.6. The second-order valence-corrected chi connectivity index (χ2v) is 8.70. The Balaban J connectivity index is 1.58. The van der Waals surface area contributed by atoms with Gasteiger partial charge in [-0.1, -0.05) is 48.9 Å². The number of aromatic nitrogens is 1. The molecule has 1 aliphatic heterocycles. The van der Waals surface area contributed by atoms with Gasteiger partial charge in [0.05, 0.1) is 13.2 Å². The number of nitrogens with one attached hydrogen (secondary N) is 2. The first-order valence-electron chi connectivity index (χ1n) is 11.2. The molecule has 1 aromatic heterocycles. The number of fused-ring (bicyclic) bond motifs is 3. The van der Waals surface area contributed by atoms with Crippen molar-refractivity contribution < 1.29 is 9.53 Å². The number of aromatic amines is 1. The Morgan fingerprint density at radius 1 is 1.15 bits per heavy atom. The molecule has 2 amide bonds. The van der Waals surface area contributed by atoms with Gasteiger partial charge in [0.2, 0.25) is 0 Å². The number of carbonyl (C=O) groups is 1. The van der Waals surface area contributed by atoms with Crippen molar-refractivity contribution in [3.8, 4) is 5.75 Å². The van der Waals surface area contributed by atoms with E-state index in [0.29, 0.717) is 11.6 Å². The third-order valence-electron chi connectivity index (χ3n) is 6.42. The normalized spacial score (nSPS) is 15.4. The Labute approximate surface area is 198 Å². The van der Waals surface area contributed by atoms with E-state index in [2.05, 4.69) is 17.2 Å². The van der Waals surface area contributed by atoms with Gasteiger partial charge in [0.1, 0.15) is 5.75 Å². The summed E-state index contributed by atoms with van der Waals surface area (Å²) in [4.78, 5) is 19.1. The van der Waals surface area contributed by atoms with Crippen molar-refractivity contribution in [3.63, 3.8) is 0 Å². The van der Waals surface area contributed by atoms with E-state index in [1.165, 1.54) is 5.56 Å². The Hall–Kier alpha value is -3.44. The lowest BCUT2D eigenvalue weighted by Crippen LogP contribution is -2.43. The van der Waals surface area contributed by atoms with Crippen molar-refractivity contribution in [1.29, 1.82) is 0 Å². The predicted octanol–water partition coefficient (Wildman–Crippen LogP) is 6.57. The molecule has 0 saturated carbocycles. The van der Waals surface area contributed by atoms with Crippen LogP contribution in [0.3, 0.4) is 0 Å². The zero-order chi connectivity index (χ0) is 22.9. The zero-order valence-electron chi connectivity index (χ0n) is 18.7. The molecule has 2 heterocycles. The fraction of sp³-hybridized carbons (Fsp3) is 0.222. The molecule has 0 aliphatic carbocycles. The third kappa shape index (κ3) is 3.93.